The smallest absolute Gasteiger partial charge is 0.226 e. The quantitative estimate of drug-likeness (QED) is 0.476. The molecule has 1 heterocycles. The molecule has 27 heavy (non-hydrogen) atoms. The van der Waals surface area contributed by atoms with Gasteiger partial charge in [0, 0.05) is 5.75 Å². The van der Waals surface area contributed by atoms with Gasteiger partial charge in [0.15, 0.2) is 0 Å². The first kappa shape index (κ1) is 18.2. The van der Waals surface area contributed by atoms with E-state index in [1.54, 1.807) is 0 Å². The van der Waals surface area contributed by atoms with Crippen LogP contribution >= 0.6 is 11.8 Å². The molecule has 0 radical (unpaired) electrons. The van der Waals surface area contributed by atoms with Crippen molar-refractivity contribution in [3.63, 3.8) is 0 Å². The Bertz CT molecular complexity index is 787. The van der Waals surface area contributed by atoms with Crippen LogP contribution in [0.2, 0.25) is 0 Å². The van der Waals surface area contributed by atoms with Crippen molar-refractivity contribution in [2.75, 3.05) is 12.3 Å². The molecule has 0 fully saturated rings. The first-order valence-electron chi connectivity index (χ1n) is 9.44. The fraction of sp³-hybridized carbons (Fsp3) is 0.174. The monoisotopic (exact) mass is 388 g/mol. The lowest BCUT2D eigenvalue weighted by Gasteiger charge is -2.45. The molecule has 0 amide bonds. The molecule has 0 bridgehead atoms. The van der Waals surface area contributed by atoms with Gasteiger partial charge < -0.3 is 0 Å². The van der Waals surface area contributed by atoms with Gasteiger partial charge in [-0.25, -0.2) is 0 Å². The van der Waals surface area contributed by atoms with Gasteiger partial charge in [0.1, 0.15) is 6.17 Å². The number of nitrogens with zero attached hydrogens (tertiary/aromatic N) is 2. The Morgan fingerprint density at radius 1 is 0.815 bits per heavy atom. The number of thioether (sulfide) groups is 1. The van der Waals surface area contributed by atoms with Crippen LogP contribution in [0.4, 0.5) is 0 Å². The van der Waals surface area contributed by atoms with Crippen molar-refractivity contribution in [1.29, 1.82) is 0 Å². The predicted octanol–water partition coefficient (Wildman–Crippen LogP) is 3.08. The Labute approximate surface area is 167 Å². The maximum atomic E-state index is 4.85. The fourth-order valence-corrected chi connectivity index (χ4v) is 10.1. The van der Waals surface area contributed by atoms with E-state index < -0.39 is 8.24 Å². The number of hydrogen-bond acceptors (Lipinski definition) is 3. The highest BCUT2D eigenvalue weighted by molar-refractivity contribution is 8.12. The van der Waals surface area contributed by atoms with Gasteiger partial charge in [-0.3, -0.25) is 9.56 Å². The van der Waals surface area contributed by atoms with Crippen LogP contribution in [-0.4, -0.2) is 36.8 Å². The minimum absolute atomic E-state index is 0.215. The van der Waals surface area contributed by atoms with E-state index in [0.29, 0.717) is 0 Å². The van der Waals surface area contributed by atoms with E-state index in [4.69, 9.17) is 4.99 Å². The second-order valence-corrected chi connectivity index (χ2v) is 11.3. The summed E-state index contributed by atoms with van der Waals surface area (Å²) in [6.07, 6.45) is 0.215. The van der Waals surface area contributed by atoms with E-state index in [1.807, 2.05) is 17.3 Å². The number of benzene rings is 3. The molecule has 0 saturated carbocycles. The largest absolute Gasteiger partial charge is 0.291 e. The van der Waals surface area contributed by atoms with Gasteiger partial charge in [-0.15, -0.1) is 11.8 Å². The van der Waals surface area contributed by atoms with Crippen molar-refractivity contribution in [3.8, 4) is 0 Å². The molecule has 2 nitrogen and oxygen atoms in total. The Morgan fingerprint density at radius 3 is 1.59 bits per heavy atom. The number of aliphatic imine (C=N–C) groups is 1. The molecule has 4 rings (SSSR count). The summed E-state index contributed by atoms with van der Waals surface area (Å²) in [5, 5.41) is 4.24. The molecule has 0 spiro atoms. The summed E-state index contributed by atoms with van der Waals surface area (Å²) in [7, 11) is -2.41. The highest BCUT2D eigenvalue weighted by atomic mass is 32.2. The summed E-state index contributed by atoms with van der Waals surface area (Å²) >= 11 is 1.82. The maximum absolute atomic E-state index is 4.85. The predicted molar refractivity (Wildman–Crippen MR) is 121 cm³/mol. The standard InChI is InChI=1S/C23H24N2SSi/c1-2-25(23-18-26-19-24-23)27(20-12-6-3-7-13-20,21-14-8-4-9-15-21)22-16-10-5-11-17-22/h3-17,19,23H,2,18H2,1H3. The number of hydrogen-bond donors (Lipinski definition) is 0. The Balaban J connectivity index is 2.04. The van der Waals surface area contributed by atoms with Crippen molar-refractivity contribution >= 4 is 41.1 Å². The van der Waals surface area contributed by atoms with Crippen LogP contribution < -0.4 is 15.6 Å². The van der Waals surface area contributed by atoms with Crippen LogP contribution in [-0.2, 0) is 0 Å². The first-order valence-corrected chi connectivity index (χ1v) is 12.4. The molecule has 1 aliphatic rings. The molecule has 0 N–H and O–H groups in total. The Kier molecular flexibility index (Phi) is 5.57. The molecule has 136 valence electrons. The summed E-state index contributed by atoms with van der Waals surface area (Å²) in [4.78, 5) is 4.85. The van der Waals surface area contributed by atoms with E-state index in [9.17, 15) is 0 Å². The van der Waals surface area contributed by atoms with Crippen LogP contribution in [0.5, 0.6) is 0 Å². The van der Waals surface area contributed by atoms with Crippen molar-refractivity contribution in [2.24, 2.45) is 4.99 Å². The summed E-state index contributed by atoms with van der Waals surface area (Å²) in [6.45, 7) is 3.24. The van der Waals surface area contributed by atoms with Crippen molar-refractivity contribution < 1.29 is 0 Å². The lowest BCUT2D eigenvalue weighted by Crippen LogP contribution is -2.78. The van der Waals surface area contributed by atoms with E-state index in [0.717, 1.165) is 12.3 Å². The van der Waals surface area contributed by atoms with Crippen LogP contribution in [0.3, 0.4) is 0 Å². The lowest BCUT2D eigenvalue weighted by atomic mass is 10.3. The molecule has 4 heteroatoms. The Morgan fingerprint density at radius 2 is 1.26 bits per heavy atom. The zero-order valence-corrected chi connectivity index (χ0v) is 17.3. The van der Waals surface area contributed by atoms with E-state index in [-0.39, 0.29) is 6.17 Å². The summed E-state index contributed by atoms with van der Waals surface area (Å²) < 4.78 is 2.68. The third-order valence-electron chi connectivity index (χ3n) is 5.26. The van der Waals surface area contributed by atoms with Crippen LogP contribution in [0, 0.1) is 0 Å². The molecular formula is C23H24N2SSi. The fourth-order valence-electron chi connectivity index (χ4n) is 4.16. The first-order chi connectivity index (χ1) is 13.4. The van der Waals surface area contributed by atoms with Gasteiger partial charge >= 0.3 is 0 Å². The third-order valence-corrected chi connectivity index (χ3v) is 11.0. The SMILES string of the molecule is CCN(C1CSC=N1)[Si](c1ccccc1)(c1ccccc1)c1ccccc1. The highest BCUT2D eigenvalue weighted by Crippen LogP contribution is 2.22. The second-order valence-electron chi connectivity index (χ2n) is 6.66. The van der Waals surface area contributed by atoms with Crippen molar-refractivity contribution in [2.45, 2.75) is 13.1 Å². The summed E-state index contributed by atoms with van der Waals surface area (Å²) in [5.41, 5.74) is 2.02. The van der Waals surface area contributed by atoms with Gasteiger partial charge in [0.05, 0.1) is 5.55 Å². The highest BCUT2D eigenvalue weighted by Gasteiger charge is 2.47. The molecule has 0 aromatic heterocycles. The van der Waals surface area contributed by atoms with E-state index in [1.165, 1.54) is 15.6 Å². The lowest BCUT2D eigenvalue weighted by molar-refractivity contribution is 0.377. The molecule has 1 atom stereocenters. The van der Waals surface area contributed by atoms with Crippen LogP contribution in [0.15, 0.2) is 96.0 Å². The minimum Gasteiger partial charge on any atom is -0.291 e. The second kappa shape index (κ2) is 8.25. The summed E-state index contributed by atoms with van der Waals surface area (Å²) in [5.74, 6) is 1.02. The normalized spacial score (nSPS) is 16.7. The molecule has 3 aromatic carbocycles. The molecule has 0 saturated heterocycles. The van der Waals surface area contributed by atoms with Gasteiger partial charge in [-0.05, 0) is 22.1 Å². The van der Waals surface area contributed by atoms with Crippen LogP contribution in [0.25, 0.3) is 0 Å². The topological polar surface area (TPSA) is 15.6 Å². The average Bonchev–Trinajstić information content (AvgIpc) is 3.28. The average molecular weight is 389 g/mol. The van der Waals surface area contributed by atoms with Gasteiger partial charge in [-0.2, -0.15) is 0 Å². The zero-order chi connectivity index (χ0) is 18.5. The van der Waals surface area contributed by atoms with Gasteiger partial charge in [0.25, 0.3) is 0 Å². The molecular weight excluding hydrogens is 364 g/mol. The van der Waals surface area contributed by atoms with Crippen LogP contribution in [0.1, 0.15) is 6.92 Å². The Hall–Kier alpha value is -2.14. The third kappa shape index (κ3) is 3.29. The molecule has 0 aliphatic carbocycles. The van der Waals surface area contributed by atoms with Gasteiger partial charge in [-0.1, -0.05) is 97.9 Å². The number of rotatable bonds is 6. The summed E-state index contributed by atoms with van der Waals surface area (Å²) in [6, 6.07) is 33.2. The van der Waals surface area contributed by atoms with Crippen molar-refractivity contribution in [1.82, 2.24) is 4.57 Å². The van der Waals surface area contributed by atoms with Gasteiger partial charge in [0.2, 0.25) is 8.24 Å². The maximum Gasteiger partial charge on any atom is 0.226 e. The molecule has 3 aromatic rings. The molecule has 1 unspecified atom stereocenters. The zero-order valence-electron chi connectivity index (χ0n) is 15.5. The van der Waals surface area contributed by atoms with Crippen molar-refractivity contribution in [3.05, 3.63) is 91.0 Å². The molecule has 1 aliphatic heterocycles. The van der Waals surface area contributed by atoms with E-state index >= 15 is 0 Å². The minimum atomic E-state index is -2.41. The van der Waals surface area contributed by atoms with E-state index in [2.05, 4.69) is 102 Å².